The Bertz CT molecular complexity index is 444. The lowest BCUT2D eigenvalue weighted by atomic mass is 10.2. The van der Waals surface area contributed by atoms with E-state index in [2.05, 4.69) is 5.32 Å². The number of hydrogen-bond acceptors (Lipinski definition) is 4. The lowest BCUT2D eigenvalue weighted by molar-refractivity contribution is -0.116. The van der Waals surface area contributed by atoms with Gasteiger partial charge in [0, 0.05) is 25.6 Å². The summed E-state index contributed by atoms with van der Waals surface area (Å²) in [6.45, 7) is 2.56. The van der Waals surface area contributed by atoms with Gasteiger partial charge in [-0.05, 0) is 25.5 Å². The van der Waals surface area contributed by atoms with E-state index < -0.39 is 5.82 Å². The van der Waals surface area contributed by atoms with Gasteiger partial charge in [0.05, 0.1) is 12.3 Å². The van der Waals surface area contributed by atoms with Crippen molar-refractivity contribution in [2.24, 2.45) is 5.73 Å². The first-order chi connectivity index (χ1) is 9.52. The van der Waals surface area contributed by atoms with Gasteiger partial charge in [0.1, 0.15) is 18.2 Å². The molecule has 1 unspecified atom stereocenters. The first-order valence-electron chi connectivity index (χ1n) is 6.49. The summed E-state index contributed by atoms with van der Waals surface area (Å²) in [5, 5.41) is 2.63. The minimum Gasteiger partial charge on any atom is -0.489 e. The van der Waals surface area contributed by atoms with Gasteiger partial charge in [0.2, 0.25) is 5.91 Å². The SMILES string of the molecule is COCCOc1ccc(F)cc1NC(=O)CCC(C)N.Cl. The standard InChI is InChI=1S/C14H21FN2O3.ClH/c1-10(16)3-6-14(18)17-12-9-11(15)4-5-13(12)20-8-7-19-2;/h4-5,9-10H,3,6-8,16H2,1-2H3,(H,17,18);1H. The third kappa shape index (κ3) is 7.84. The molecule has 0 fully saturated rings. The predicted octanol–water partition coefficient (Wildman–Crippen LogP) is 2.34. The molecule has 1 aromatic rings. The van der Waals surface area contributed by atoms with Crippen molar-refractivity contribution in [3.63, 3.8) is 0 Å². The Morgan fingerprint density at radius 3 is 2.76 bits per heavy atom. The van der Waals surface area contributed by atoms with Crippen LogP contribution in [0.1, 0.15) is 19.8 Å². The summed E-state index contributed by atoms with van der Waals surface area (Å²) in [6.07, 6.45) is 0.854. The number of halogens is 2. The molecule has 5 nitrogen and oxygen atoms in total. The average molecular weight is 321 g/mol. The molecule has 0 spiro atoms. The number of ether oxygens (including phenoxy) is 2. The average Bonchev–Trinajstić information content (AvgIpc) is 2.39. The number of amides is 1. The maximum Gasteiger partial charge on any atom is 0.224 e. The van der Waals surface area contributed by atoms with Crippen molar-refractivity contribution in [3.05, 3.63) is 24.0 Å². The van der Waals surface area contributed by atoms with Gasteiger partial charge in [-0.25, -0.2) is 4.39 Å². The summed E-state index contributed by atoms with van der Waals surface area (Å²) in [5.74, 6) is -0.242. The summed E-state index contributed by atoms with van der Waals surface area (Å²) in [7, 11) is 1.56. The lowest BCUT2D eigenvalue weighted by Crippen LogP contribution is -2.20. The van der Waals surface area contributed by atoms with Crippen LogP contribution in [0.3, 0.4) is 0 Å². The number of rotatable bonds is 8. The molecule has 0 aliphatic heterocycles. The van der Waals surface area contributed by atoms with Gasteiger partial charge in [0.25, 0.3) is 0 Å². The molecule has 21 heavy (non-hydrogen) atoms. The summed E-state index contributed by atoms with van der Waals surface area (Å²) >= 11 is 0. The number of nitrogens with two attached hydrogens (primary N) is 1. The molecule has 1 amide bonds. The highest BCUT2D eigenvalue weighted by molar-refractivity contribution is 5.92. The minimum absolute atomic E-state index is 0. The molecule has 1 atom stereocenters. The van der Waals surface area contributed by atoms with Crippen LogP contribution >= 0.6 is 12.4 Å². The van der Waals surface area contributed by atoms with Crippen LogP contribution < -0.4 is 15.8 Å². The molecule has 7 heteroatoms. The van der Waals surface area contributed by atoms with Crippen LogP contribution in [0.5, 0.6) is 5.75 Å². The highest BCUT2D eigenvalue weighted by Crippen LogP contribution is 2.25. The fraction of sp³-hybridized carbons (Fsp3) is 0.500. The Hall–Kier alpha value is -1.37. The molecule has 0 saturated carbocycles. The van der Waals surface area contributed by atoms with Gasteiger partial charge in [-0.1, -0.05) is 0 Å². The van der Waals surface area contributed by atoms with Crippen LogP contribution in [-0.2, 0) is 9.53 Å². The fourth-order valence-corrected chi connectivity index (χ4v) is 1.53. The molecule has 3 N–H and O–H groups in total. The molecule has 120 valence electrons. The van der Waals surface area contributed by atoms with E-state index in [1.54, 1.807) is 7.11 Å². The molecular formula is C14H22ClFN2O3. The Balaban J connectivity index is 0.00000400. The summed E-state index contributed by atoms with van der Waals surface area (Å²) in [6, 6.07) is 3.93. The fourth-order valence-electron chi connectivity index (χ4n) is 1.53. The first-order valence-corrected chi connectivity index (χ1v) is 6.49. The molecule has 0 radical (unpaired) electrons. The van der Waals surface area contributed by atoms with Gasteiger partial charge in [-0.2, -0.15) is 0 Å². The van der Waals surface area contributed by atoms with Crippen LogP contribution in [0.15, 0.2) is 18.2 Å². The maximum absolute atomic E-state index is 13.2. The van der Waals surface area contributed by atoms with Crippen LogP contribution in [0.25, 0.3) is 0 Å². The van der Waals surface area contributed by atoms with E-state index in [-0.39, 0.29) is 30.8 Å². The molecule has 0 saturated heterocycles. The second kappa shape index (κ2) is 10.4. The zero-order valence-electron chi connectivity index (χ0n) is 12.2. The summed E-state index contributed by atoms with van der Waals surface area (Å²) in [4.78, 5) is 11.7. The number of methoxy groups -OCH3 is 1. The zero-order chi connectivity index (χ0) is 15.0. The van der Waals surface area contributed by atoms with Crippen molar-refractivity contribution in [1.29, 1.82) is 0 Å². The van der Waals surface area contributed by atoms with Gasteiger partial charge < -0.3 is 20.5 Å². The van der Waals surface area contributed by atoms with Crippen molar-refractivity contribution < 1.29 is 18.7 Å². The predicted molar refractivity (Wildman–Crippen MR) is 82.5 cm³/mol. The van der Waals surface area contributed by atoms with E-state index in [1.807, 2.05) is 6.92 Å². The number of nitrogens with one attached hydrogen (secondary N) is 1. The normalized spacial score (nSPS) is 11.4. The largest absolute Gasteiger partial charge is 0.489 e. The van der Waals surface area contributed by atoms with Gasteiger partial charge in [-0.3, -0.25) is 4.79 Å². The number of anilines is 1. The molecule has 0 heterocycles. The molecule has 0 aliphatic rings. The Labute approximate surface area is 130 Å². The van der Waals surface area contributed by atoms with Crippen LogP contribution in [0, 0.1) is 5.82 Å². The zero-order valence-corrected chi connectivity index (χ0v) is 13.0. The van der Waals surface area contributed by atoms with Crippen molar-refractivity contribution in [2.45, 2.75) is 25.8 Å². The molecule has 1 rings (SSSR count). The summed E-state index contributed by atoms with van der Waals surface area (Å²) < 4.78 is 23.5. The van der Waals surface area contributed by atoms with Gasteiger partial charge >= 0.3 is 0 Å². The highest BCUT2D eigenvalue weighted by atomic mass is 35.5. The van der Waals surface area contributed by atoms with Crippen molar-refractivity contribution in [1.82, 2.24) is 0 Å². The molecule has 0 aliphatic carbocycles. The van der Waals surface area contributed by atoms with E-state index in [1.165, 1.54) is 18.2 Å². The lowest BCUT2D eigenvalue weighted by Gasteiger charge is -2.13. The van der Waals surface area contributed by atoms with E-state index in [0.717, 1.165) is 0 Å². The van der Waals surface area contributed by atoms with Crippen molar-refractivity contribution in [2.75, 3.05) is 25.6 Å². The topological polar surface area (TPSA) is 73.6 Å². The minimum atomic E-state index is -0.438. The van der Waals surface area contributed by atoms with Crippen LogP contribution in [0.4, 0.5) is 10.1 Å². The summed E-state index contributed by atoms with van der Waals surface area (Å²) in [5.41, 5.74) is 5.91. The molecule has 1 aromatic carbocycles. The van der Waals surface area contributed by atoms with Gasteiger partial charge in [0.15, 0.2) is 0 Å². The van der Waals surface area contributed by atoms with E-state index in [0.29, 0.717) is 31.1 Å². The highest BCUT2D eigenvalue weighted by Gasteiger charge is 2.10. The monoisotopic (exact) mass is 320 g/mol. The van der Waals surface area contributed by atoms with Crippen molar-refractivity contribution in [3.8, 4) is 5.75 Å². The Kier molecular flexibility index (Phi) is 9.69. The second-order valence-electron chi connectivity index (χ2n) is 4.55. The van der Waals surface area contributed by atoms with Crippen LogP contribution in [0.2, 0.25) is 0 Å². The van der Waals surface area contributed by atoms with E-state index in [9.17, 15) is 9.18 Å². The van der Waals surface area contributed by atoms with Crippen LogP contribution in [-0.4, -0.2) is 32.3 Å². The Morgan fingerprint density at radius 2 is 2.14 bits per heavy atom. The van der Waals surface area contributed by atoms with Crippen molar-refractivity contribution >= 4 is 24.0 Å². The second-order valence-corrected chi connectivity index (χ2v) is 4.55. The number of hydrogen-bond donors (Lipinski definition) is 2. The quantitative estimate of drug-likeness (QED) is 0.721. The molecule has 0 aromatic heterocycles. The van der Waals surface area contributed by atoms with E-state index in [4.69, 9.17) is 15.2 Å². The number of carbonyl (C=O) groups is 1. The van der Waals surface area contributed by atoms with E-state index >= 15 is 0 Å². The number of carbonyl (C=O) groups excluding carboxylic acids is 1. The first kappa shape index (κ1) is 19.6. The molecular weight excluding hydrogens is 299 g/mol. The molecule has 0 bridgehead atoms. The maximum atomic E-state index is 13.2. The third-order valence-electron chi connectivity index (χ3n) is 2.59. The Morgan fingerprint density at radius 1 is 1.43 bits per heavy atom. The number of benzene rings is 1. The van der Waals surface area contributed by atoms with Gasteiger partial charge in [-0.15, -0.1) is 12.4 Å². The smallest absolute Gasteiger partial charge is 0.224 e. The third-order valence-corrected chi connectivity index (χ3v) is 2.59.